The molecule has 31 heavy (non-hydrogen) atoms. The summed E-state index contributed by atoms with van der Waals surface area (Å²) in [4.78, 5) is 16.9. The fraction of sp³-hybridized carbons (Fsp3) is 0.125. The Hall–Kier alpha value is -3.03. The molecule has 156 valence electrons. The van der Waals surface area contributed by atoms with E-state index >= 15 is 0 Å². The van der Waals surface area contributed by atoms with Crippen LogP contribution in [0.4, 0.5) is 5.69 Å². The number of thiocarbonyl (C=S) groups is 1. The molecule has 5 nitrogen and oxygen atoms in total. The molecule has 0 bridgehead atoms. The molecule has 0 atom stereocenters. The highest BCUT2D eigenvalue weighted by Crippen LogP contribution is 2.27. The Morgan fingerprint density at radius 2 is 1.74 bits per heavy atom. The first-order valence-electron chi connectivity index (χ1n) is 9.78. The van der Waals surface area contributed by atoms with E-state index in [9.17, 15) is 4.79 Å². The Balaban J connectivity index is 1.47. The maximum Gasteiger partial charge on any atom is 0.257 e. The van der Waals surface area contributed by atoms with E-state index in [-0.39, 0.29) is 11.0 Å². The van der Waals surface area contributed by atoms with Crippen molar-refractivity contribution in [3.8, 4) is 11.5 Å². The number of carbonyl (C=O) groups excluding carboxylic acids is 1. The zero-order valence-electron chi connectivity index (χ0n) is 17.0. The predicted molar refractivity (Wildman–Crippen MR) is 131 cm³/mol. The van der Waals surface area contributed by atoms with E-state index in [2.05, 4.69) is 57.5 Å². The molecule has 7 heteroatoms. The number of carbonyl (C=O) groups is 1. The van der Waals surface area contributed by atoms with Gasteiger partial charge in [-0.05, 0) is 78.3 Å². The summed E-state index contributed by atoms with van der Waals surface area (Å²) < 4.78 is 6.80. The fourth-order valence-corrected chi connectivity index (χ4v) is 3.55. The summed E-state index contributed by atoms with van der Waals surface area (Å²) in [6, 6.07) is 20.8. The quantitative estimate of drug-likeness (QED) is 0.317. The van der Waals surface area contributed by atoms with Gasteiger partial charge in [0.05, 0.1) is 0 Å². The average Bonchev–Trinajstić information content (AvgIpc) is 3.17. The molecule has 2 N–H and O–H groups in total. The molecule has 0 aliphatic heterocycles. The van der Waals surface area contributed by atoms with E-state index < -0.39 is 0 Å². The first kappa shape index (κ1) is 21.2. The minimum Gasteiger partial charge on any atom is -0.436 e. The molecule has 0 aliphatic rings. The summed E-state index contributed by atoms with van der Waals surface area (Å²) in [6.07, 6.45) is 0. The molecule has 0 unspecified atom stereocenters. The van der Waals surface area contributed by atoms with Crippen LogP contribution in [-0.4, -0.2) is 16.0 Å². The average molecular weight is 494 g/mol. The molecule has 3 aromatic carbocycles. The van der Waals surface area contributed by atoms with Crippen LogP contribution in [0.3, 0.4) is 0 Å². The molecular weight excluding hydrogens is 474 g/mol. The van der Waals surface area contributed by atoms with E-state index in [0.29, 0.717) is 34.2 Å². The van der Waals surface area contributed by atoms with E-state index in [1.54, 1.807) is 24.3 Å². The number of anilines is 1. The monoisotopic (exact) mass is 493 g/mol. The highest BCUT2D eigenvalue weighted by molar-refractivity contribution is 9.10. The minimum atomic E-state index is -0.278. The van der Waals surface area contributed by atoms with Gasteiger partial charge in [0.15, 0.2) is 10.7 Å². The maximum absolute atomic E-state index is 12.3. The maximum atomic E-state index is 12.3. The number of benzene rings is 3. The van der Waals surface area contributed by atoms with Gasteiger partial charge >= 0.3 is 0 Å². The number of amides is 1. The van der Waals surface area contributed by atoms with Crippen molar-refractivity contribution in [2.45, 2.75) is 19.8 Å². The van der Waals surface area contributed by atoms with Crippen LogP contribution in [0.1, 0.15) is 35.7 Å². The third-order valence-electron chi connectivity index (χ3n) is 4.80. The van der Waals surface area contributed by atoms with Crippen molar-refractivity contribution in [1.82, 2.24) is 10.3 Å². The van der Waals surface area contributed by atoms with Crippen LogP contribution < -0.4 is 10.6 Å². The number of halogens is 1. The van der Waals surface area contributed by atoms with Gasteiger partial charge in [0, 0.05) is 21.3 Å². The van der Waals surface area contributed by atoms with Gasteiger partial charge in [0.25, 0.3) is 5.91 Å². The molecule has 4 aromatic rings. The molecule has 0 spiro atoms. The van der Waals surface area contributed by atoms with E-state index in [1.165, 1.54) is 5.56 Å². The zero-order chi connectivity index (χ0) is 22.0. The minimum absolute atomic E-state index is 0.209. The standard InChI is InChI=1S/C24H20BrN3O2S/c1-14(2)15-3-5-17(6-4-15)23-27-20-13-19(11-12-21(20)30-23)26-24(31)28-22(29)16-7-9-18(25)10-8-16/h3-14H,1-2H3,(H2,26,28,29,31). The SMILES string of the molecule is CC(C)c1ccc(-c2nc3cc(NC(=S)NC(=O)c4ccc(Br)cc4)ccc3o2)cc1. The largest absolute Gasteiger partial charge is 0.436 e. The molecule has 4 rings (SSSR count). The summed E-state index contributed by atoms with van der Waals surface area (Å²) in [5.74, 6) is 0.757. The summed E-state index contributed by atoms with van der Waals surface area (Å²) in [5.41, 5.74) is 4.81. The van der Waals surface area contributed by atoms with E-state index in [0.717, 1.165) is 10.0 Å². The van der Waals surface area contributed by atoms with Crippen LogP contribution in [-0.2, 0) is 0 Å². The molecule has 1 amide bonds. The lowest BCUT2D eigenvalue weighted by molar-refractivity contribution is 0.0977. The number of aromatic nitrogens is 1. The third-order valence-corrected chi connectivity index (χ3v) is 5.54. The molecule has 0 saturated heterocycles. The summed E-state index contributed by atoms with van der Waals surface area (Å²) in [5, 5.41) is 5.91. The van der Waals surface area contributed by atoms with Crippen molar-refractivity contribution in [3.05, 3.63) is 82.3 Å². The van der Waals surface area contributed by atoms with E-state index in [4.69, 9.17) is 16.6 Å². The molecular formula is C24H20BrN3O2S. The molecule has 0 aliphatic carbocycles. The third kappa shape index (κ3) is 5.00. The number of nitrogens with zero attached hydrogens (tertiary/aromatic N) is 1. The van der Waals surface area contributed by atoms with Gasteiger partial charge in [-0.25, -0.2) is 4.98 Å². The summed E-state index contributed by atoms with van der Waals surface area (Å²) in [6.45, 7) is 4.32. The second kappa shape index (κ2) is 8.99. The van der Waals surface area contributed by atoms with Crippen molar-refractivity contribution < 1.29 is 9.21 Å². The molecule has 0 saturated carbocycles. The second-order valence-corrected chi connectivity index (χ2v) is 8.72. The normalized spacial score (nSPS) is 11.0. The number of hydrogen-bond acceptors (Lipinski definition) is 4. The summed E-state index contributed by atoms with van der Waals surface area (Å²) in [7, 11) is 0. The van der Waals surface area contributed by atoms with Crippen molar-refractivity contribution in [1.29, 1.82) is 0 Å². The van der Waals surface area contributed by atoms with Crippen LogP contribution in [0.5, 0.6) is 0 Å². The molecule has 1 aromatic heterocycles. The van der Waals surface area contributed by atoms with Crippen molar-refractivity contribution in [2.24, 2.45) is 0 Å². The topological polar surface area (TPSA) is 67.2 Å². The number of fused-ring (bicyclic) bond motifs is 1. The van der Waals surface area contributed by atoms with Gasteiger partial charge in [-0.2, -0.15) is 0 Å². The Bertz CT molecular complexity index is 1250. The number of rotatable bonds is 4. The Morgan fingerprint density at radius 3 is 2.42 bits per heavy atom. The number of hydrogen-bond donors (Lipinski definition) is 2. The van der Waals surface area contributed by atoms with Crippen LogP contribution in [0.2, 0.25) is 0 Å². The van der Waals surface area contributed by atoms with Gasteiger partial charge in [-0.1, -0.05) is 41.9 Å². The highest BCUT2D eigenvalue weighted by atomic mass is 79.9. The Morgan fingerprint density at radius 1 is 1.03 bits per heavy atom. The van der Waals surface area contributed by atoms with Gasteiger partial charge in [-0.15, -0.1) is 0 Å². The van der Waals surface area contributed by atoms with Gasteiger partial charge in [0.2, 0.25) is 5.89 Å². The lowest BCUT2D eigenvalue weighted by Crippen LogP contribution is -2.34. The van der Waals surface area contributed by atoms with Gasteiger partial charge < -0.3 is 9.73 Å². The fourth-order valence-electron chi connectivity index (χ4n) is 3.08. The van der Waals surface area contributed by atoms with Crippen LogP contribution in [0, 0.1) is 0 Å². The first-order chi connectivity index (χ1) is 14.9. The lowest BCUT2D eigenvalue weighted by Gasteiger charge is -2.09. The zero-order valence-corrected chi connectivity index (χ0v) is 19.4. The van der Waals surface area contributed by atoms with Crippen molar-refractivity contribution >= 4 is 56.0 Å². The second-order valence-electron chi connectivity index (χ2n) is 7.39. The first-order valence-corrected chi connectivity index (χ1v) is 11.0. The van der Waals surface area contributed by atoms with Crippen molar-refractivity contribution in [2.75, 3.05) is 5.32 Å². The molecule has 1 heterocycles. The molecule has 0 fully saturated rings. The predicted octanol–water partition coefficient (Wildman–Crippen LogP) is 6.51. The molecule has 0 radical (unpaired) electrons. The van der Waals surface area contributed by atoms with Crippen LogP contribution in [0.25, 0.3) is 22.6 Å². The lowest BCUT2D eigenvalue weighted by atomic mass is 10.0. The smallest absolute Gasteiger partial charge is 0.257 e. The summed E-state index contributed by atoms with van der Waals surface area (Å²) >= 11 is 8.63. The number of nitrogens with one attached hydrogen (secondary N) is 2. The number of oxazole rings is 1. The Labute approximate surface area is 194 Å². The highest BCUT2D eigenvalue weighted by Gasteiger charge is 2.11. The Kier molecular flexibility index (Phi) is 6.15. The van der Waals surface area contributed by atoms with Gasteiger partial charge in [0.1, 0.15) is 5.52 Å². The van der Waals surface area contributed by atoms with Crippen molar-refractivity contribution in [3.63, 3.8) is 0 Å². The van der Waals surface area contributed by atoms with Crippen LogP contribution >= 0.6 is 28.1 Å². The van der Waals surface area contributed by atoms with E-state index in [1.807, 2.05) is 30.3 Å². The van der Waals surface area contributed by atoms with Crippen LogP contribution in [0.15, 0.2) is 75.6 Å². The van der Waals surface area contributed by atoms with Gasteiger partial charge in [-0.3, -0.25) is 10.1 Å².